The van der Waals surface area contributed by atoms with Crippen LogP contribution in [-0.4, -0.2) is 29.1 Å². The maximum absolute atomic E-state index is 12.1. The van der Waals surface area contributed by atoms with Gasteiger partial charge in [0.1, 0.15) is 0 Å². The Balaban J connectivity index is 2.06. The van der Waals surface area contributed by atoms with Crippen molar-refractivity contribution in [1.29, 1.82) is 0 Å². The SMILES string of the molecule is CCC1(C)NC(C)N(CC2CC2)C1=O. The Hall–Kier alpha value is -0.570. The number of hydrogen-bond acceptors (Lipinski definition) is 2. The highest BCUT2D eigenvalue weighted by Gasteiger charge is 2.46. The lowest BCUT2D eigenvalue weighted by Gasteiger charge is -2.21. The molecule has 2 atom stereocenters. The molecule has 2 fully saturated rings. The minimum absolute atomic E-state index is 0.216. The van der Waals surface area contributed by atoms with Crippen molar-refractivity contribution in [3.63, 3.8) is 0 Å². The van der Waals surface area contributed by atoms with Crippen LogP contribution in [0.3, 0.4) is 0 Å². The van der Waals surface area contributed by atoms with Crippen molar-refractivity contribution in [3.05, 3.63) is 0 Å². The molecule has 2 rings (SSSR count). The molecule has 1 aliphatic heterocycles. The lowest BCUT2D eigenvalue weighted by molar-refractivity contribution is -0.133. The molecule has 2 unspecified atom stereocenters. The minimum Gasteiger partial charge on any atom is -0.326 e. The van der Waals surface area contributed by atoms with E-state index < -0.39 is 0 Å². The first-order chi connectivity index (χ1) is 6.57. The molecular formula is C11H20N2O. The molecule has 14 heavy (non-hydrogen) atoms. The summed E-state index contributed by atoms with van der Waals surface area (Å²) in [7, 11) is 0. The first-order valence-electron chi connectivity index (χ1n) is 5.65. The molecule has 1 amide bonds. The topological polar surface area (TPSA) is 32.3 Å². The number of rotatable bonds is 3. The molecule has 0 aromatic rings. The second-order valence-electron chi connectivity index (χ2n) is 4.91. The van der Waals surface area contributed by atoms with Crippen molar-refractivity contribution in [2.24, 2.45) is 5.92 Å². The van der Waals surface area contributed by atoms with Crippen molar-refractivity contribution in [3.8, 4) is 0 Å². The molecule has 1 saturated heterocycles. The number of carbonyl (C=O) groups is 1. The van der Waals surface area contributed by atoms with Crippen LogP contribution in [0.2, 0.25) is 0 Å². The molecule has 0 spiro atoms. The quantitative estimate of drug-likeness (QED) is 0.739. The van der Waals surface area contributed by atoms with Crippen LogP contribution in [-0.2, 0) is 4.79 Å². The summed E-state index contributed by atoms with van der Waals surface area (Å²) >= 11 is 0. The van der Waals surface area contributed by atoms with Gasteiger partial charge in [0.25, 0.3) is 0 Å². The van der Waals surface area contributed by atoms with Gasteiger partial charge < -0.3 is 4.90 Å². The molecule has 3 nitrogen and oxygen atoms in total. The van der Waals surface area contributed by atoms with E-state index in [1.54, 1.807) is 0 Å². The zero-order valence-corrected chi connectivity index (χ0v) is 9.34. The molecule has 3 heteroatoms. The van der Waals surface area contributed by atoms with Gasteiger partial charge in [0.15, 0.2) is 0 Å². The van der Waals surface area contributed by atoms with Gasteiger partial charge in [-0.2, -0.15) is 0 Å². The largest absolute Gasteiger partial charge is 0.326 e. The summed E-state index contributed by atoms with van der Waals surface area (Å²) in [5, 5.41) is 3.39. The second kappa shape index (κ2) is 3.23. The molecule has 0 radical (unpaired) electrons. The molecule has 1 heterocycles. The summed E-state index contributed by atoms with van der Waals surface area (Å²) in [6, 6.07) is 0. The van der Waals surface area contributed by atoms with Crippen molar-refractivity contribution in [2.45, 2.75) is 51.7 Å². The van der Waals surface area contributed by atoms with Gasteiger partial charge >= 0.3 is 0 Å². The number of carbonyl (C=O) groups excluding carboxylic acids is 1. The summed E-state index contributed by atoms with van der Waals surface area (Å²) in [5.41, 5.74) is -0.311. The smallest absolute Gasteiger partial charge is 0.243 e. The van der Waals surface area contributed by atoms with Crippen molar-refractivity contribution < 1.29 is 4.79 Å². The number of hydrogen-bond donors (Lipinski definition) is 1. The minimum atomic E-state index is -0.311. The molecule has 0 bridgehead atoms. The Labute approximate surface area is 85.8 Å². The van der Waals surface area contributed by atoms with E-state index in [2.05, 4.69) is 19.2 Å². The van der Waals surface area contributed by atoms with E-state index in [1.165, 1.54) is 12.8 Å². The normalized spacial score (nSPS) is 38.1. The molecule has 1 N–H and O–H groups in total. The van der Waals surface area contributed by atoms with Gasteiger partial charge in [-0.05, 0) is 39.0 Å². The molecule has 1 saturated carbocycles. The molecule has 0 aromatic carbocycles. The zero-order valence-electron chi connectivity index (χ0n) is 9.34. The summed E-state index contributed by atoms with van der Waals surface area (Å²) in [5.74, 6) is 1.07. The van der Waals surface area contributed by atoms with Gasteiger partial charge in [-0.15, -0.1) is 0 Å². The molecule has 80 valence electrons. The van der Waals surface area contributed by atoms with Gasteiger partial charge in [0, 0.05) is 6.54 Å². The Morgan fingerprint density at radius 2 is 2.21 bits per heavy atom. The fraction of sp³-hybridized carbons (Fsp3) is 0.909. The highest BCUT2D eigenvalue weighted by Crippen LogP contribution is 2.33. The van der Waals surface area contributed by atoms with Crippen LogP contribution in [0, 0.1) is 5.92 Å². The Morgan fingerprint density at radius 3 is 2.64 bits per heavy atom. The molecule has 0 aromatic heterocycles. The predicted molar refractivity (Wildman–Crippen MR) is 55.7 cm³/mol. The van der Waals surface area contributed by atoms with Gasteiger partial charge in [0.05, 0.1) is 11.7 Å². The lowest BCUT2D eigenvalue weighted by atomic mass is 9.99. The summed E-state index contributed by atoms with van der Waals surface area (Å²) < 4.78 is 0. The summed E-state index contributed by atoms with van der Waals surface area (Å²) in [6.07, 6.45) is 3.70. The van der Waals surface area contributed by atoms with Crippen LogP contribution in [0.5, 0.6) is 0 Å². The number of amides is 1. The van der Waals surface area contributed by atoms with Crippen LogP contribution in [0.15, 0.2) is 0 Å². The standard InChI is InChI=1S/C11H20N2O/c1-4-11(3)10(14)13(8(2)12-11)7-9-5-6-9/h8-9,12H,4-7H2,1-3H3. The maximum atomic E-state index is 12.1. The van der Waals surface area contributed by atoms with Crippen LogP contribution < -0.4 is 5.32 Å². The van der Waals surface area contributed by atoms with Gasteiger partial charge in [-0.1, -0.05) is 6.92 Å². The predicted octanol–water partition coefficient (Wildman–Crippen LogP) is 1.34. The van der Waals surface area contributed by atoms with Crippen LogP contribution in [0.4, 0.5) is 0 Å². The molecular weight excluding hydrogens is 176 g/mol. The van der Waals surface area contributed by atoms with Gasteiger partial charge in [0.2, 0.25) is 5.91 Å². The van der Waals surface area contributed by atoms with E-state index >= 15 is 0 Å². The third-order valence-electron chi connectivity index (χ3n) is 3.59. The van der Waals surface area contributed by atoms with Crippen molar-refractivity contribution in [1.82, 2.24) is 10.2 Å². The van der Waals surface area contributed by atoms with E-state index in [-0.39, 0.29) is 11.7 Å². The fourth-order valence-corrected chi connectivity index (χ4v) is 2.17. The first kappa shape index (κ1) is 9.97. The fourth-order valence-electron chi connectivity index (χ4n) is 2.17. The Morgan fingerprint density at radius 1 is 1.57 bits per heavy atom. The lowest BCUT2D eigenvalue weighted by Crippen LogP contribution is -2.43. The van der Waals surface area contributed by atoms with Crippen LogP contribution >= 0.6 is 0 Å². The van der Waals surface area contributed by atoms with Gasteiger partial charge in [-0.3, -0.25) is 10.1 Å². The molecule has 2 aliphatic rings. The Bertz CT molecular complexity index is 250. The third-order valence-corrected chi connectivity index (χ3v) is 3.59. The highest BCUT2D eigenvalue weighted by molar-refractivity contribution is 5.88. The number of nitrogens with one attached hydrogen (secondary N) is 1. The van der Waals surface area contributed by atoms with Crippen molar-refractivity contribution in [2.75, 3.05) is 6.54 Å². The van der Waals surface area contributed by atoms with E-state index in [0.29, 0.717) is 5.91 Å². The molecule has 1 aliphatic carbocycles. The zero-order chi connectivity index (χ0) is 10.3. The average molecular weight is 196 g/mol. The monoisotopic (exact) mass is 196 g/mol. The number of nitrogens with zero attached hydrogens (tertiary/aromatic N) is 1. The van der Waals surface area contributed by atoms with E-state index in [0.717, 1.165) is 18.9 Å². The average Bonchev–Trinajstić information content (AvgIpc) is 2.92. The van der Waals surface area contributed by atoms with E-state index in [4.69, 9.17) is 0 Å². The summed E-state index contributed by atoms with van der Waals surface area (Å²) in [6.45, 7) is 7.13. The van der Waals surface area contributed by atoms with Crippen molar-refractivity contribution >= 4 is 5.91 Å². The Kier molecular flexibility index (Phi) is 2.30. The van der Waals surface area contributed by atoms with E-state index in [1.807, 2.05) is 11.8 Å². The summed E-state index contributed by atoms with van der Waals surface area (Å²) in [4.78, 5) is 14.1. The highest BCUT2D eigenvalue weighted by atomic mass is 16.2. The van der Waals surface area contributed by atoms with E-state index in [9.17, 15) is 4.79 Å². The van der Waals surface area contributed by atoms with Crippen LogP contribution in [0.25, 0.3) is 0 Å². The van der Waals surface area contributed by atoms with Crippen LogP contribution in [0.1, 0.15) is 40.0 Å². The first-order valence-corrected chi connectivity index (χ1v) is 5.65. The van der Waals surface area contributed by atoms with Gasteiger partial charge in [-0.25, -0.2) is 0 Å². The maximum Gasteiger partial charge on any atom is 0.243 e. The third kappa shape index (κ3) is 1.54. The second-order valence-corrected chi connectivity index (χ2v) is 4.91.